The highest BCUT2D eigenvalue weighted by Crippen LogP contribution is 2.14. The number of unbranched alkanes of at least 4 members (excludes halogenated alkanes) is 1. The van der Waals surface area contributed by atoms with Gasteiger partial charge in [0.25, 0.3) is 0 Å². The smallest absolute Gasteiger partial charge is 0.0547 e. The normalized spacial score (nSPS) is 14.8. The molecule has 0 heterocycles. The first kappa shape index (κ1) is 18.9. The summed E-state index contributed by atoms with van der Waals surface area (Å²) in [6.07, 6.45) is 8.03. The number of hydrogen-bond donors (Lipinski definition) is 1. The fourth-order valence-corrected chi connectivity index (χ4v) is 2.19. The van der Waals surface area contributed by atoms with Crippen molar-refractivity contribution in [2.75, 3.05) is 19.7 Å². The fourth-order valence-electron chi connectivity index (χ4n) is 2.19. The summed E-state index contributed by atoms with van der Waals surface area (Å²) in [4.78, 5) is 0. The SMILES string of the molecule is CCCCC(CC)COC(C)CCCNCC(C)C. The van der Waals surface area contributed by atoms with Gasteiger partial charge in [0.05, 0.1) is 6.10 Å². The minimum absolute atomic E-state index is 0.413. The van der Waals surface area contributed by atoms with Crippen molar-refractivity contribution in [2.24, 2.45) is 11.8 Å². The zero-order valence-corrected chi connectivity index (χ0v) is 14.0. The second-order valence-corrected chi connectivity index (χ2v) is 6.30. The topological polar surface area (TPSA) is 21.3 Å². The molecule has 116 valence electrons. The van der Waals surface area contributed by atoms with Crippen LogP contribution in [0.3, 0.4) is 0 Å². The summed E-state index contributed by atoms with van der Waals surface area (Å²) in [6.45, 7) is 14.5. The lowest BCUT2D eigenvalue weighted by atomic mass is 10.0. The average Bonchev–Trinajstić information content (AvgIpc) is 2.38. The van der Waals surface area contributed by atoms with Gasteiger partial charge in [-0.25, -0.2) is 0 Å². The molecule has 0 aromatic heterocycles. The van der Waals surface area contributed by atoms with Crippen molar-refractivity contribution < 1.29 is 4.74 Å². The van der Waals surface area contributed by atoms with Crippen molar-refractivity contribution in [3.8, 4) is 0 Å². The maximum absolute atomic E-state index is 5.99. The number of nitrogens with one attached hydrogen (secondary N) is 1. The third-order valence-corrected chi connectivity index (χ3v) is 3.68. The van der Waals surface area contributed by atoms with Crippen molar-refractivity contribution in [3.05, 3.63) is 0 Å². The molecule has 0 spiro atoms. The number of hydrogen-bond acceptors (Lipinski definition) is 2. The Kier molecular flexibility index (Phi) is 12.9. The van der Waals surface area contributed by atoms with E-state index in [4.69, 9.17) is 4.74 Å². The monoisotopic (exact) mass is 271 g/mol. The van der Waals surface area contributed by atoms with Crippen LogP contribution in [0.4, 0.5) is 0 Å². The Hall–Kier alpha value is -0.0800. The van der Waals surface area contributed by atoms with E-state index in [9.17, 15) is 0 Å². The molecular weight excluding hydrogens is 234 g/mol. The molecule has 0 saturated heterocycles. The molecule has 0 bridgehead atoms. The summed E-state index contributed by atoms with van der Waals surface area (Å²) in [5, 5.41) is 3.49. The summed E-state index contributed by atoms with van der Waals surface area (Å²) in [7, 11) is 0. The minimum Gasteiger partial charge on any atom is -0.378 e. The molecule has 2 nitrogen and oxygen atoms in total. The highest BCUT2D eigenvalue weighted by Gasteiger charge is 2.09. The fraction of sp³-hybridized carbons (Fsp3) is 1.00. The van der Waals surface area contributed by atoms with Crippen LogP contribution in [0.25, 0.3) is 0 Å². The van der Waals surface area contributed by atoms with Gasteiger partial charge in [0.1, 0.15) is 0 Å². The summed E-state index contributed by atoms with van der Waals surface area (Å²) >= 11 is 0. The van der Waals surface area contributed by atoms with Crippen LogP contribution in [-0.4, -0.2) is 25.8 Å². The van der Waals surface area contributed by atoms with Crippen molar-refractivity contribution in [3.63, 3.8) is 0 Å². The van der Waals surface area contributed by atoms with Gasteiger partial charge in [-0.1, -0.05) is 47.0 Å². The molecule has 0 radical (unpaired) electrons. The van der Waals surface area contributed by atoms with Crippen LogP contribution in [0, 0.1) is 11.8 Å². The van der Waals surface area contributed by atoms with Gasteiger partial charge in [-0.15, -0.1) is 0 Å². The molecule has 0 aliphatic heterocycles. The van der Waals surface area contributed by atoms with Gasteiger partial charge in [0, 0.05) is 6.61 Å². The van der Waals surface area contributed by atoms with Gasteiger partial charge in [-0.05, 0) is 51.1 Å². The predicted molar refractivity (Wildman–Crippen MR) is 85.7 cm³/mol. The lowest BCUT2D eigenvalue weighted by molar-refractivity contribution is 0.0309. The molecule has 0 aliphatic rings. The first-order valence-corrected chi connectivity index (χ1v) is 8.42. The van der Waals surface area contributed by atoms with E-state index < -0.39 is 0 Å². The van der Waals surface area contributed by atoms with Gasteiger partial charge in [0.15, 0.2) is 0 Å². The van der Waals surface area contributed by atoms with E-state index in [-0.39, 0.29) is 0 Å². The standard InChI is InChI=1S/C17H37NO/c1-6-8-11-17(7-2)14-19-16(5)10-9-12-18-13-15(3)4/h15-18H,6-14H2,1-5H3. The lowest BCUT2D eigenvalue weighted by Gasteiger charge is -2.19. The molecule has 0 aromatic rings. The van der Waals surface area contributed by atoms with E-state index in [0.29, 0.717) is 6.10 Å². The maximum Gasteiger partial charge on any atom is 0.0547 e. The lowest BCUT2D eigenvalue weighted by Crippen LogP contribution is -2.22. The predicted octanol–water partition coefficient (Wildman–Crippen LogP) is 4.63. The van der Waals surface area contributed by atoms with Gasteiger partial charge >= 0.3 is 0 Å². The van der Waals surface area contributed by atoms with Gasteiger partial charge in [-0.2, -0.15) is 0 Å². The third-order valence-electron chi connectivity index (χ3n) is 3.68. The van der Waals surface area contributed by atoms with E-state index in [0.717, 1.165) is 31.5 Å². The van der Waals surface area contributed by atoms with E-state index in [1.807, 2.05) is 0 Å². The zero-order valence-electron chi connectivity index (χ0n) is 14.0. The molecule has 0 fully saturated rings. The summed E-state index contributed by atoms with van der Waals surface area (Å²) in [5.41, 5.74) is 0. The Morgan fingerprint density at radius 1 is 1.00 bits per heavy atom. The molecular formula is C17H37NO. The Bertz CT molecular complexity index is 182. The van der Waals surface area contributed by atoms with Crippen molar-refractivity contribution in [1.29, 1.82) is 0 Å². The molecule has 0 saturated carbocycles. The van der Waals surface area contributed by atoms with E-state index in [1.54, 1.807) is 0 Å². The Balaban J connectivity index is 3.48. The van der Waals surface area contributed by atoms with Crippen LogP contribution in [0.15, 0.2) is 0 Å². The average molecular weight is 271 g/mol. The van der Waals surface area contributed by atoms with E-state index >= 15 is 0 Å². The van der Waals surface area contributed by atoms with Gasteiger partial charge in [0.2, 0.25) is 0 Å². The highest BCUT2D eigenvalue weighted by atomic mass is 16.5. The Morgan fingerprint density at radius 3 is 2.32 bits per heavy atom. The molecule has 2 unspecified atom stereocenters. The molecule has 0 aliphatic carbocycles. The molecule has 2 atom stereocenters. The van der Waals surface area contributed by atoms with E-state index in [1.165, 1.54) is 38.5 Å². The van der Waals surface area contributed by atoms with E-state index in [2.05, 4.69) is 39.9 Å². The first-order chi connectivity index (χ1) is 9.10. The van der Waals surface area contributed by atoms with Gasteiger partial charge in [-0.3, -0.25) is 0 Å². The van der Waals surface area contributed by atoms with Crippen LogP contribution >= 0.6 is 0 Å². The Morgan fingerprint density at radius 2 is 1.74 bits per heavy atom. The first-order valence-electron chi connectivity index (χ1n) is 8.42. The second-order valence-electron chi connectivity index (χ2n) is 6.30. The summed E-state index contributed by atoms with van der Waals surface area (Å²) in [5.74, 6) is 1.51. The van der Waals surface area contributed by atoms with Crippen molar-refractivity contribution in [1.82, 2.24) is 5.32 Å². The molecule has 19 heavy (non-hydrogen) atoms. The molecule has 0 aromatic carbocycles. The quantitative estimate of drug-likeness (QED) is 0.493. The summed E-state index contributed by atoms with van der Waals surface area (Å²) in [6, 6.07) is 0. The van der Waals surface area contributed by atoms with Crippen molar-refractivity contribution >= 4 is 0 Å². The molecule has 2 heteroatoms. The molecule has 1 N–H and O–H groups in total. The maximum atomic E-state index is 5.99. The van der Waals surface area contributed by atoms with Crippen LogP contribution in [0.2, 0.25) is 0 Å². The third kappa shape index (κ3) is 12.7. The van der Waals surface area contributed by atoms with Crippen LogP contribution in [-0.2, 0) is 4.74 Å². The van der Waals surface area contributed by atoms with Crippen LogP contribution in [0.1, 0.15) is 73.1 Å². The molecule has 0 amide bonds. The second kappa shape index (κ2) is 12.9. The van der Waals surface area contributed by atoms with Gasteiger partial charge < -0.3 is 10.1 Å². The highest BCUT2D eigenvalue weighted by molar-refractivity contribution is 4.59. The number of ether oxygens (including phenoxy) is 1. The Labute approximate surface area is 121 Å². The largest absolute Gasteiger partial charge is 0.378 e. The van der Waals surface area contributed by atoms with Crippen LogP contribution in [0.5, 0.6) is 0 Å². The number of rotatable bonds is 13. The molecule has 0 rings (SSSR count). The minimum atomic E-state index is 0.413. The zero-order chi connectivity index (χ0) is 14.5. The summed E-state index contributed by atoms with van der Waals surface area (Å²) < 4.78 is 5.99. The van der Waals surface area contributed by atoms with Crippen molar-refractivity contribution in [2.45, 2.75) is 79.2 Å². The van der Waals surface area contributed by atoms with Crippen LogP contribution < -0.4 is 5.32 Å².